The first-order valence-electron chi connectivity index (χ1n) is 4.40. The Labute approximate surface area is 74.7 Å². The van der Waals surface area contributed by atoms with Gasteiger partial charge in [0, 0.05) is 6.61 Å². The van der Waals surface area contributed by atoms with E-state index in [1.54, 1.807) is 6.92 Å². The highest BCUT2D eigenvalue weighted by molar-refractivity contribution is 4.74. The lowest BCUT2D eigenvalue weighted by molar-refractivity contribution is -0.105. The van der Waals surface area contributed by atoms with Crippen molar-refractivity contribution in [3.05, 3.63) is 0 Å². The Kier molecular flexibility index (Phi) is 5.46. The summed E-state index contributed by atoms with van der Waals surface area (Å²) in [5.41, 5.74) is -0.475. The van der Waals surface area contributed by atoms with Gasteiger partial charge in [0.25, 0.3) is 0 Å². The molecule has 0 spiro atoms. The van der Waals surface area contributed by atoms with Gasteiger partial charge in [-0.15, -0.1) is 0 Å². The minimum Gasteiger partial charge on any atom is -0.390 e. The molecule has 0 radical (unpaired) electrons. The molecule has 0 aliphatic carbocycles. The van der Waals surface area contributed by atoms with Gasteiger partial charge in [0.1, 0.15) is 0 Å². The van der Waals surface area contributed by atoms with Crippen LogP contribution < -0.4 is 0 Å². The Morgan fingerprint density at radius 3 is 2.33 bits per heavy atom. The highest BCUT2D eigenvalue weighted by Crippen LogP contribution is 2.13. The van der Waals surface area contributed by atoms with Crippen molar-refractivity contribution in [2.45, 2.75) is 39.4 Å². The smallest absolute Gasteiger partial charge is 0.0882 e. The zero-order chi connectivity index (χ0) is 9.61. The molecule has 0 amide bonds. The number of hydrogen-bond donors (Lipinski definition) is 1. The van der Waals surface area contributed by atoms with E-state index < -0.39 is 11.7 Å². The molecule has 0 heterocycles. The number of ether oxygens (including phenoxy) is 2. The third kappa shape index (κ3) is 4.70. The number of aliphatic hydroxyl groups is 1. The van der Waals surface area contributed by atoms with Crippen LogP contribution in [0.4, 0.5) is 0 Å². The van der Waals surface area contributed by atoms with Crippen LogP contribution in [0.1, 0.15) is 27.7 Å². The molecule has 3 heteroatoms. The van der Waals surface area contributed by atoms with E-state index in [0.717, 1.165) is 0 Å². The average Bonchev–Trinajstić information content (AvgIpc) is 1.98. The first kappa shape index (κ1) is 11.9. The average molecular weight is 176 g/mol. The topological polar surface area (TPSA) is 38.7 Å². The van der Waals surface area contributed by atoms with Crippen molar-refractivity contribution in [1.29, 1.82) is 0 Å². The van der Waals surface area contributed by atoms with Gasteiger partial charge in [0.05, 0.1) is 24.9 Å². The number of hydrogen-bond acceptors (Lipinski definition) is 3. The molecule has 0 saturated heterocycles. The fourth-order valence-electron chi connectivity index (χ4n) is 0.629. The maximum absolute atomic E-state index is 9.27. The van der Waals surface area contributed by atoms with Crippen LogP contribution in [-0.2, 0) is 9.47 Å². The first-order chi connectivity index (χ1) is 5.50. The van der Waals surface area contributed by atoms with Crippen molar-refractivity contribution in [2.75, 3.05) is 19.8 Å². The Hall–Kier alpha value is -0.120. The fraction of sp³-hybridized carbons (Fsp3) is 1.00. The summed E-state index contributed by atoms with van der Waals surface area (Å²) < 4.78 is 10.5. The molecule has 0 aliphatic rings. The highest BCUT2D eigenvalue weighted by Gasteiger charge is 2.24. The van der Waals surface area contributed by atoms with E-state index in [1.807, 2.05) is 20.8 Å². The second-order valence-electron chi connectivity index (χ2n) is 3.32. The molecular formula is C9H20O3. The van der Waals surface area contributed by atoms with Gasteiger partial charge in [-0.3, -0.25) is 0 Å². The predicted octanol–water partition coefficient (Wildman–Crippen LogP) is 1.20. The summed E-state index contributed by atoms with van der Waals surface area (Å²) >= 11 is 0. The van der Waals surface area contributed by atoms with Crippen molar-refractivity contribution < 1.29 is 14.6 Å². The lowest BCUT2D eigenvalue weighted by atomic mass is 10.0. The number of aliphatic hydroxyl groups excluding tert-OH is 1. The van der Waals surface area contributed by atoms with Crippen molar-refractivity contribution in [3.63, 3.8) is 0 Å². The van der Waals surface area contributed by atoms with Gasteiger partial charge in [-0.05, 0) is 27.7 Å². The molecule has 0 aliphatic heterocycles. The van der Waals surface area contributed by atoms with Crippen LogP contribution in [0.3, 0.4) is 0 Å². The SMILES string of the molecule is CCOCCOC(C)(C)C(C)O. The largest absolute Gasteiger partial charge is 0.390 e. The fourth-order valence-corrected chi connectivity index (χ4v) is 0.629. The molecule has 1 atom stereocenters. The van der Waals surface area contributed by atoms with Crippen molar-refractivity contribution in [3.8, 4) is 0 Å². The van der Waals surface area contributed by atoms with E-state index in [1.165, 1.54) is 0 Å². The highest BCUT2D eigenvalue weighted by atomic mass is 16.5. The first-order valence-corrected chi connectivity index (χ1v) is 4.40. The maximum atomic E-state index is 9.27. The molecule has 12 heavy (non-hydrogen) atoms. The third-order valence-electron chi connectivity index (χ3n) is 1.91. The van der Waals surface area contributed by atoms with Gasteiger partial charge in [0.2, 0.25) is 0 Å². The molecule has 0 bridgehead atoms. The standard InChI is InChI=1S/C9H20O3/c1-5-11-6-7-12-9(3,4)8(2)10/h8,10H,5-7H2,1-4H3. The van der Waals surface area contributed by atoms with Crippen LogP contribution >= 0.6 is 0 Å². The molecule has 3 nitrogen and oxygen atoms in total. The Morgan fingerprint density at radius 2 is 1.92 bits per heavy atom. The summed E-state index contributed by atoms with van der Waals surface area (Å²) in [5.74, 6) is 0. The lowest BCUT2D eigenvalue weighted by Crippen LogP contribution is -2.37. The van der Waals surface area contributed by atoms with E-state index in [2.05, 4.69) is 0 Å². The van der Waals surface area contributed by atoms with Crippen molar-refractivity contribution >= 4 is 0 Å². The molecule has 0 aromatic rings. The van der Waals surface area contributed by atoms with Crippen LogP contribution in [0, 0.1) is 0 Å². The third-order valence-corrected chi connectivity index (χ3v) is 1.91. The summed E-state index contributed by atoms with van der Waals surface area (Å²) in [5, 5.41) is 9.27. The molecule has 0 aromatic heterocycles. The van der Waals surface area contributed by atoms with Crippen molar-refractivity contribution in [2.24, 2.45) is 0 Å². The Morgan fingerprint density at radius 1 is 1.33 bits per heavy atom. The van der Waals surface area contributed by atoms with Crippen molar-refractivity contribution in [1.82, 2.24) is 0 Å². The van der Waals surface area contributed by atoms with Crippen LogP contribution in [0.5, 0.6) is 0 Å². The molecular weight excluding hydrogens is 156 g/mol. The summed E-state index contributed by atoms with van der Waals surface area (Å²) in [4.78, 5) is 0. The zero-order valence-corrected chi connectivity index (χ0v) is 8.46. The van der Waals surface area contributed by atoms with E-state index in [9.17, 15) is 5.11 Å². The van der Waals surface area contributed by atoms with Crippen LogP contribution in [0.15, 0.2) is 0 Å². The minimum atomic E-state index is -0.475. The second-order valence-corrected chi connectivity index (χ2v) is 3.32. The van der Waals surface area contributed by atoms with E-state index in [-0.39, 0.29) is 0 Å². The molecule has 74 valence electrons. The molecule has 1 unspecified atom stereocenters. The monoisotopic (exact) mass is 176 g/mol. The van der Waals surface area contributed by atoms with Gasteiger partial charge in [-0.25, -0.2) is 0 Å². The lowest BCUT2D eigenvalue weighted by Gasteiger charge is -2.28. The van der Waals surface area contributed by atoms with E-state index in [4.69, 9.17) is 9.47 Å². The normalized spacial score (nSPS) is 14.8. The second kappa shape index (κ2) is 5.51. The zero-order valence-electron chi connectivity index (χ0n) is 8.46. The molecule has 0 aromatic carbocycles. The van der Waals surface area contributed by atoms with Gasteiger partial charge in [-0.2, -0.15) is 0 Å². The van der Waals surface area contributed by atoms with Crippen LogP contribution in [0.2, 0.25) is 0 Å². The molecule has 0 saturated carbocycles. The summed E-state index contributed by atoms with van der Waals surface area (Å²) in [6.45, 7) is 9.23. The Bertz CT molecular complexity index is 110. The summed E-state index contributed by atoms with van der Waals surface area (Å²) in [6, 6.07) is 0. The molecule has 0 fully saturated rings. The van der Waals surface area contributed by atoms with Gasteiger partial charge < -0.3 is 14.6 Å². The minimum absolute atomic E-state index is 0.459. The summed E-state index contributed by atoms with van der Waals surface area (Å²) in [6.07, 6.45) is -0.459. The van der Waals surface area contributed by atoms with Gasteiger partial charge >= 0.3 is 0 Å². The van der Waals surface area contributed by atoms with E-state index >= 15 is 0 Å². The quantitative estimate of drug-likeness (QED) is 0.618. The molecule has 0 rings (SSSR count). The molecule has 1 N–H and O–H groups in total. The number of rotatable bonds is 6. The maximum Gasteiger partial charge on any atom is 0.0882 e. The van der Waals surface area contributed by atoms with Gasteiger partial charge in [-0.1, -0.05) is 0 Å². The predicted molar refractivity (Wildman–Crippen MR) is 48.2 cm³/mol. The Balaban J connectivity index is 3.47. The van der Waals surface area contributed by atoms with Crippen LogP contribution in [0.25, 0.3) is 0 Å². The van der Waals surface area contributed by atoms with E-state index in [0.29, 0.717) is 19.8 Å². The van der Waals surface area contributed by atoms with Gasteiger partial charge in [0.15, 0.2) is 0 Å². The summed E-state index contributed by atoms with van der Waals surface area (Å²) in [7, 11) is 0. The van der Waals surface area contributed by atoms with Crippen LogP contribution in [-0.4, -0.2) is 36.6 Å².